The zero-order chi connectivity index (χ0) is 13.6. The molecule has 2 amide bonds. The molecule has 3 N–H and O–H groups in total. The number of aliphatic hydroxyl groups is 1. The number of urea groups is 1. The Bertz CT molecular complexity index is 261. The van der Waals surface area contributed by atoms with Crippen LogP contribution in [0.3, 0.4) is 0 Å². The van der Waals surface area contributed by atoms with Gasteiger partial charge in [0.25, 0.3) is 0 Å². The molecular formula is C13H27N3O2. The van der Waals surface area contributed by atoms with Crippen LogP contribution in [0.25, 0.3) is 0 Å². The highest BCUT2D eigenvalue weighted by atomic mass is 16.3. The summed E-state index contributed by atoms with van der Waals surface area (Å²) in [7, 11) is 3.80. The first-order chi connectivity index (χ1) is 8.39. The summed E-state index contributed by atoms with van der Waals surface area (Å²) >= 11 is 0. The maximum absolute atomic E-state index is 11.7. The molecular weight excluding hydrogens is 230 g/mol. The smallest absolute Gasteiger partial charge is 0.315 e. The molecule has 106 valence electrons. The van der Waals surface area contributed by atoms with Crippen molar-refractivity contribution < 1.29 is 9.90 Å². The summed E-state index contributed by atoms with van der Waals surface area (Å²) in [4.78, 5) is 13.6. The lowest BCUT2D eigenvalue weighted by molar-refractivity contribution is 0.0359. The van der Waals surface area contributed by atoms with Gasteiger partial charge in [-0.1, -0.05) is 19.3 Å². The predicted octanol–water partition coefficient (Wildman–Crippen LogP) is 0.931. The summed E-state index contributed by atoms with van der Waals surface area (Å²) in [5, 5.41) is 15.8. The Balaban J connectivity index is 2.23. The Hall–Kier alpha value is -0.810. The van der Waals surface area contributed by atoms with E-state index < -0.39 is 5.60 Å². The quantitative estimate of drug-likeness (QED) is 0.686. The van der Waals surface area contributed by atoms with E-state index in [9.17, 15) is 9.90 Å². The van der Waals surface area contributed by atoms with Gasteiger partial charge in [-0.2, -0.15) is 0 Å². The van der Waals surface area contributed by atoms with E-state index in [-0.39, 0.29) is 12.6 Å². The van der Waals surface area contributed by atoms with Gasteiger partial charge in [-0.3, -0.25) is 0 Å². The van der Waals surface area contributed by atoms with Crippen molar-refractivity contribution in [3.05, 3.63) is 0 Å². The van der Waals surface area contributed by atoms with E-state index in [4.69, 9.17) is 0 Å². The fourth-order valence-electron chi connectivity index (χ4n) is 2.49. The molecule has 1 aliphatic carbocycles. The normalized spacial score (nSPS) is 20.5. The molecule has 0 saturated heterocycles. The molecule has 1 unspecified atom stereocenters. The van der Waals surface area contributed by atoms with E-state index in [2.05, 4.69) is 10.6 Å². The van der Waals surface area contributed by atoms with Gasteiger partial charge in [0, 0.05) is 19.1 Å². The van der Waals surface area contributed by atoms with Gasteiger partial charge >= 0.3 is 6.03 Å². The predicted molar refractivity (Wildman–Crippen MR) is 72.6 cm³/mol. The number of nitrogens with one attached hydrogen (secondary N) is 2. The Morgan fingerprint density at radius 1 is 1.33 bits per heavy atom. The average molecular weight is 257 g/mol. The molecule has 18 heavy (non-hydrogen) atoms. The van der Waals surface area contributed by atoms with Crippen LogP contribution < -0.4 is 10.6 Å². The molecule has 5 heteroatoms. The minimum Gasteiger partial charge on any atom is -0.387 e. The topological polar surface area (TPSA) is 64.6 Å². The fourth-order valence-corrected chi connectivity index (χ4v) is 2.49. The van der Waals surface area contributed by atoms with Gasteiger partial charge in [-0.25, -0.2) is 4.79 Å². The maximum atomic E-state index is 11.7. The van der Waals surface area contributed by atoms with Crippen LogP contribution in [0.2, 0.25) is 0 Å². The zero-order valence-electron chi connectivity index (χ0n) is 11.8. The van der Waals surface area contributed by atoms with Crippen LogP contribution in [-0.2, 0) is 0 Å². The first kappa shape index (κ1) is 15.2. The molecule has 1 saturated carbocycles. The number of rotatable bonds is 5. The highest BCUT2D eigenvalue weighted by Crippen LogP contribution is 2.17. The Labute approximate surface area is 110 Å². The molecule has 0 spiro atoms. The van der Waals surface area contributed by atoms with Crippen LogP contribution in [0.15, 0.2) is 0 Å². The van der Waals surface area contributed by atoms with Gasteiger partial charge in [0.1, 0.15) is 0 Å². The van der Waals surface area contributed by atoms with Crippen molar-refractivity contribution in [3.8, 4) is 0 Å². The molecule has 1 rings (SSSR count). The van der Waals surface area contributed by atoms with Crippen LogP contribution in [0, 0.1) is 0 Å². The Morgan fingerprint density at radius 3 is 2.50 bits per heavy atom. The SMILES string of the molecule is CN(C)CC(C)(O)CNC(=O)NC1CCCCC1. The van der Waals surface area contributed by atoms with Crippen LogP contribution >= 0.6 is 0 Å². The third-order valence-corrected chi connectivity index (χ3v) is 3.23. The largest absolute Gasteiger partial charge is 0.387 e. The number of likely N-dealkylation sites (N-methyl/N-ethyl adjacent to an activating group) is 1. The molecule has 1 atom stereocenters. The van der Waals surface area contributed by atoms with Gasteiger partial charge < -0.3 is 20.6 Å². The van der Waals surface area contributed by atoms with Gasteiger partial charge in [0.05, 0.1) is 5.60 Å². The van der Waals surface area contributed by atoms with Crippen molar-refractivity contribution in [1.82, 2.24) is 15.5 Å². The van der Waals surface area contributed by atoms with E-state index in [1.165, 1.54) is 19.3 Å². The number of carbonyl (C=O) groups excluding carboxylic acids is 1. The van der Waals surface area contributed by atoms with Crippen molar-refractivity contribution in [2.75, 3.05) is 27.2 Å². The lowest BCUT2D eigenvalue weighted by Gasteiger charge is -2.28. The van der Waals surface area contributed by atoms with Crippen molar-refractivity contribution in [3.63, 3.8) is 0 Å². The van der Waals surface area contributed by atoms with E-state index in [1.54, 1.807) is 6.92 Å². The second kappa shape index (κ2) is 6.95. The van der Waals surface area contributed by atoms with E-state index in [1.807, 2.05) is 19.0 Å². The third-order valence-electron chi connectivity index (χ3n) is 3.23. The summed E-state index contributed by atoms with van der Waals surface area (Å²) in [6, 6.07) is 0.137. The minimum absolute atomic E-state index is 0.166. The highest BCUT2D eigenvalue weighted by Gasteiger charge is 2.23. The molecule has 1 fully saturated rings. The molecule has 5 nitrogen and oxygen atoms in total. The standard InChI is InChI=1S/C13H27N3O2/c1-13(18,10-16(2)3)9-14-12(17)15-11-7-5-4-6-8-11/h11,18H,4-10H2,1-3H3,(H2,14,15,17). The zero-order valence-corrected chi connectivity index (χ0v) is 11.8. The van der Waals surface area contributed by atoms with Crippen LogP contribution in [-0.4, -0.2) is 54.9 Å². The van der Waals surface area contributed by atoms with Crippen LogP contribution in [0.5, 0.6) is 0 Å². The summed E-state index contributed by atoms with van der Waals surface area (Å²) in [6.45, 7) is 2.52. The number of hydrogen-bond donors (Lipinski definition) is 3. The van der Waals surface area contributed by atoms with E-state index in [0.717, 1.165) is 12.8 Å². The van der Waals surface area contributed by atoms with Gasteiger partial charge in [-0.15, -0.1) is 0 Å². The Kier molecular flexibility index (Phi) is 5.88. The van der Waals surface area contributed by atoms with Gasteiger partial charge in [-0.05, 0) is 33.9 Å². The van der Waals surface area contributed by atoms with Crippen molar-refractivity contribution >= 4 is 6.03 Å². The molecule has 0 aliphatic heterocycles. The number of hydrogen-bond acceptors (Lipinski definition) is 3. The highest BCUT2D eigenvalue weighted by molar-refractivity contribution is 5.74. The van der Waals surface area contributed by atoms with E-state index in [0.29, 0.717) is 12.6 Å². The minimum atomic E-state index is -0.895. The first-order valence-corrected chi connectivity index (χ1v) is 6.80. The molecule has 0 aromatic rings. The molecule has 0 aromatic heterocycles. The van der Waals surface area contributed by atoms with Crippen molar-refractivity contribution in [2.45, 2.75) is 50.7 Å². The number of amides is 2. The molecule has 0 aromatic carbocycles. The molecule has 0 bridgehead atoms. The molecule has 0 heterocycles. The second-order valence-corrected chi connectivity index (χ2v) is 5.90. The number of carbonyl (C=O) groups is 1. The maximum Gasteiger partial charge on any atom is 0.315 e. The van der Waals surface area contributed by atoms with Crippen LogP contribution in [0.4, 0.5) is 4.79 Å². The summed E-state index contributed by atoms with van der Waals surface area (Å²) < 4.78 is 0. The van der Waals surface area contributed by atoms with Gasteiger partial charge in [0.2, 0.25) is 0 Å². The lowest BCUT2D eigenvalue weighted by Crippen LogP contribution is -2.51. The summed E-state index contributed by atoms with van der Waals surface area (Å²) in [5.74, 6) is 0. The third kappa shape index (κ3) is 6.21. The molecule has 0 radical (unpaired) electrons. The summed E-state index contributed by atoms with van der Waals surface area (Å²) in [5.41, 5.74) is -0.895. The first-order valence-electron chi connectivity index (χ1n) is 6.80. The monoisotopic (exact) mass is 257 g/mol. The van der Waals surface area contributed by atoms with Gasteiger partial charge in [0.15, 0.2) is 0 Å². The lowest BCUT2D eigenvalue weighted by atomic mass is 9.96. The Morgan fingerprint density at radius 2 is 1.94 bits per heavy atom. The fraction of sp³-hybridized carbons (Fsp3) is 0.923. The second-order valence-electron chi connectivity index (χ2n) is 5.90. The summed E-state index contributed by atoms with van der Waals surface area (Å²) in [6.07, 6.45) is 5.81. The van der Waals surface area contributed by atoms with E-state index >= 15 is 0 Å². The molecule has 1 aliphatic rings. The van der Waals surface area contributed by atoms with Crippen molar-refractivity contribution in [1.29, 1.82) is 0 Å². The van der Waals surface area contributed by atoms with Crippen LogP contribution in [0.1, 0.15) is 39.0 Å². The van der Waals surface area contributed by atoms with Crippen molar-refractivity contribution in [2.24, 2.45) is 0 Å². The number of nitrogens with zero attached hydrogens (tertiary/aromatic N) is 1. The average Bonchev–Trinajstić information content (AvgIpc) is 2.26.